The van der Waals surface area contributed by atoms with Crippen molar-refractivity contribution in [2.45, 2.75) is 6.54 Å². The fraction of sp³-hybridized carbons (Fsp3) is 0.167. The summed E-state index contributed by atoms with van der Waals surface area (Å²) < 4.78 is 0. The van der Waals surface area contributed by atoms with Crippen LogP contribution in [0.2, 0.25) is 5.02 Å². The van der Waals surface area contributed by atoms with Crippen molar-refractivity contribution >= 4 is 35.3 Å². The molecule has 5 heteroatoms. The van der Waals surface area contributed by atoms with E-state index in [1.165, 1.54) is 11.3 Å². The number of hydrogen-bond donors (Lipinski definition) is 1. The van der Waals surface area contributed by atoms with Gasteiger partial charge in [0.2, 0.25) is 0 Å². The first-order chi connectivity index (χ1) is 4.77. The van der Waals surface area contributed by atoms with Crippen molar-refractivity contribution in [3.63, 3.8) is 0 Å². The molecule has 0 unspecified atom stereocenters. The van der Waals surface area contributed by atoms with Crippen molar-refractivity contribution in [2.24, 2.45) is 5.73 Å². The van der Waals surface area contributed by atoms with Crippen molar-refractivity contribution < 1.29 is 0 Å². The molecule has 0 radical (unpaired) electrons. The van der Waals surface area contributed by atoms with Gasteiger partial charge in [0.25, 0.3) is 0 Å². The summed E-state index contributed by atoms with van der Waals surface area (Å²) >= 11 is 7.00. The van der Waals surface area contributed by atoms with Crippen molar-refractivity contribution in [1.82, 2.24) is 0 Å². The maximum absolute atomic E-state index is 8.46. The fourth-order valence-electron chi connectivity index (χ4n) is 0.593. The molecular weight excluding hydrogens is 203 g/mol. The van der Waals surface area contributed by atoms with Crippen LogP contribution in [0.15, 0.2) is 6.07 Å². The summed E-state index contributed by atoms with van der Waals surface area (Å²) in [5.41, 5.74) is 5.33. The third kappa shape index (κ3) is 2.35. The Morgan fingerprint density at radius 1 is 1.73 bits per heavy atom. The zero-order chi connectivity index (χ0) is 7.56. The third-order valence-corrected chi connectivity index (χ3v) is 2.51. The van der Waals surface area contributed by atoms with Crippen LogP contribution in [0.3, 0.4) is 0 Å². The van der Waals surface area contributed by atoms with E-state index in [0.29, 0.717) is 16.4 Å². The van der Waals surface area contributed by atoms with Crippen LogP contribution in [-0.2, 0) is 6.54 Å². The van der Waals surface area contributed by atoms with Crippen LogP contribution in [0.5, 0.6) is 0 Å². The molecule has 0 fully saturated rings. The Morgan fingerprint density at radius 2 is 2.36 bits per heavy atom. The Kier molecular flexibility index (Phi) is 4.46. The fourth-order valence-corrected chi connectivity index (χ4v) is 1.67. The van der Waals surface area contributed by atoms with Crippen LogP contribution in [0.1, 0.15) is 9.75 Å². The van der Waals surface area contributed by atoms with Gasteiger partial charge in [0.05, 0.1) is 5.02 Å². The molecule has 0 saturated carbocycles. The SMILES string of the molecule is Cl.N#Cc1sc(CN)cc1Cl. The van der Waals surface area contributed by atoms with E-state index in [4.69, 9.17) is 22.6 Å². The lowest BCUT2D eigenvalue weighted by Crippen LogP contribution is -1.91. The quantitative estimate of drug-likeness (QED) is 0.770. The monoisotopic (exact) mass is 208 g/mol. The number of nitrogens with zero attached hydrogens (tertiary/aromatic N) is 1. The van der Waals surface area contributed by atoms with Gasteiger partial charge in [-0.2, -0.15) is 5.26 Å². The van der Waals surface area contributed by atoms with Crippen molar-refractivity contribution in [1.29, 1.82) is 5.26 Å². The van der Waals surface area contributed by atoms with E-state index in [2.05, 4.69) is 0 Å². The number of rotatable bonds is 1. The summed E-state index contributed by atoms with van der Waals surface area (Å²) in [5.74, 6) is 0. The minimum Gasteiger partial charge on any atom is -0.326 e. The second-order valence-electron chi connectivity index (χ2n) is 1.71. The van der Waals surface area contributed by atoms with Crippen LogP contribution in [-0.4, -0.2) is 0 Å². The van der Waals surface area contributed by atoms with Crippen molar-refractivity contribution in [3.8, 4) is 6.07 Å². The Morgan fingerprint density at radius 3 is 2.64 bits per heavy atom. The highest BCUT2D eigenvalue weighted by Crippen LogP contribution is 2.25. The molecule has 1 aromatic heterocycles. The molecule has 1 rings (SSSR count). The summed E-state index contributed by atoms with van der Waals surface area (Å²) in [6, 6.07) is 3.71. The van der Waals surface area contributed by atoms with Crippen molar-refractivity contribution in [3.05, 3.63) is 20.8 Å². The highest BCUT2D eigenvalue weighted by Gasteiger charge is 2.03. The molecular formula is C6H6Cl2N2S. The van der Waals surface area contributed by atoms with E-state index in [9.17, 15) is 0 Å². The highest BCUT2D eigenvalue weighted by atomic mass is 35.5. The average molecular weight is 209 g/mol. The molecule has 0 saturated heterocycles. The van der Waals surface area contributed by atoms with Gasteiger partial charge >= 0.3 is 0 Å². The second-order valence-corrected chi connectivity index (χ2v) is 3.25. The smallest absolute Gasteiger partial charge is 0.123 e. The Balaban J connectivity index is 0.000001000. The maximum Gasteiger partial charge on any atom is 0.123 e. The van der Waals surface area contributed by atoms with Crippen molar-refractivity contribution in [2.75, 3.05) is 0 Å². The van der Waals surface area contributed by atoms with Gasteiger partial charge in [0.1, 0.15) is 10.9 Å². The van der Waals surface area contributed by atoms with Gasteiger partial charge in [-0.05, 0) is 6.07 Å². The van der Waals surface area contributed by atoms with E-state index >= 15 is 0 Å². The summed E-state index contributed by atoms with van der Waals surface area (Å²) in [6.45, 7) is 0.450. The largest absolute Gasteiger partial charge is 0.326 e. The lowest BCUT2D eigenvalue weighted by Gasteiger charge is -1.80. The van der Waals surface area contributed by atoms with E-state index in [0.717, 1.165) is 4.88 Å². The number of thiophene rings is 1. The molecule has 2 N–H and O–H groups in total. The lowest BCUT2D eigenvalue weighted by molar-refractivity contribution is 1.11. The number of nitriles is 1. The summed E-state index contributed by atoms with van der Waals surface area (Å²) in [7, 11) is 0. The molecule has 0 aromatic carbocycles. The molecule has 0 aliphatic carbocycles. The molecule has 1 heterocycles. The zero-order valence-electron chi connectivity index (χ0n) is 5.50. The number of hydrogen-bond acceptors (Lipinski definition) is 3. The zero-order valence-corrected chi connectivity index (χ0v) is 7.89. The van der Waals surface area contributed by atoms with Crippen LogP contribution in [0.4, 0.5) is 0 Å². The lowest BCUT2D eigenvalue weighted by atomic mass is 10.4. The highest BCUT2D eigenvalue weighted by molar-refractivity contribution is 7.13. The summed E-state index contributed by atoms with van der Waals surface area (Å²) in [4.78, 5) is 1.49. The first kappa shape index (κ1) is 10.7. The normalized spacial score (nSPS) is 8.45. The Hall–Kier alpha value is -0.270. The van der Waals surface area contributed by atoms with E-state index in [-0.39, 0.29) is 12.4 Å². The number of nitrogens with two attached hydrogens (primary N) is 1. The summed E-state index contributed by atoms with van der Waals surface area (Å²) in [6.07, 6.45) is 0. The van der Waals surface area contributed by atoms with Gasteiger partial charge < -0.3 is 5.73 Å². The van der Waals surface area contributed by atoms with Gasteiger partial charge in [-0.1, -0.05) is 11.6 Å². The maximum atomic E-state index is 8.46. The molecule has 0 spiro atoms. The molecule has 1 aromatic rings. The van der Waals surface area contributed by atoms with Gasteiger partial charge in [-0.15, -0.1) is 23.7 Å². The molecule has 0 aliphatic heterocycles. The molecule has 60 valence electrons. The van der Waals surface area contributed by atoms with E-state index < -0.39 is 0 Å². The molecule has 0 aliphatic rings. The van der Waals surface area contributed by atoms with E-state index in [1.54, 1.807) is 6.07 Å². The standard InChI is InChI=1S/C6H5ClN2S.ClH/c7-5-1-4(2-8)10-6(5)3-9;/h1H,2,8H2;1H. The summed E-state index contributed by atoms with van der Waals surface area (Å²) in [5, 5.41) is 8.97. The van der Waals surface area contributed by atoms with Gasteiger partial charge in [0.15, 0.2) is 0 Å². The average Bonchev–Trinajstić information content (AvgIpc) is 2.30. The minimum absolute atomic E-state index is 0. The van der Waals surface area contributed by atoms with Crippen LogP contribution >= 0.6 is 35.3 Å². The Bertz CT molecular complexity index is 277. The molecule has 11 heavy (non-hydrogen) atoms. The topological polar surface area (TPSA) is 49.8 Å². The van der Waals surface area contributed by atoms with Crippen LogP contribution in [0, 0.1) is 11.3 Å². The van der Waals surface area contributed by atoms with Crippen LogP contribution < -0.4 is 5.73 Å². The predicted molar refractivity (Wildman–Crippen MR) is 49.2 cm³/mol. The van der Waals surface area contributed by atoms with Gasteiger partial charge in [-0.3, -0.25) is 0 Å². The number of halogens is 2. The predicted octanol–water partition coefficient (Wildman–Crippen LogP) is 2.15. The Labute approximate surface area is 80.0 Å². The minimum atomic E-state index is 0. The van der Waals surface area contributed by atoms with Gasteiger partial charge in [-0.25, -0.2) is 0 Å². The van der Waals surface area contributed by atoms with E-state index in [1.807, 2.05) is 6.07 Å². The first-order valence-corrected chi connectivity index (χ1v) is 3.85. The first-order valence-electron chi connectivity index (χ1n) is 2.66. The molecule has 0 atom stereocenters. The third-order valence-electron chi connectivity index (χ3n) is 1.04. The van der Waals surface area contributed by atoms with Gasteiger partial charge in [0, 0.05) is 11.4 Å². The second kappa shape index (κ2) is 4.58. The van der Waals surface area contributed by atoms with Crippen LogP contribution in [0.25, 0.3) is 0 Å². The molecule has 2 nitrogen and oxygen atoms in total. The molecule has 0 amide bonds. The molecule has 0 bridgehead atoms.